The summed E-state index contributed by atoms with van der Waals surface area (Å²) in [7, 11) is 3.00. The van der Waals surface area contributed by atoms with Crippen molar-refractivity contribution in [3.63, 3.8) is 0 Å². The minimum absolute atomic E-state index is 0.199. The highest BCUT2D eigenvalue weighted by Gasteiger charge is 2.35. The Labute approximate surface area is 165 Å². The Bertz CT molecular complexity index is 1030. The van der Waals surface area contributed by atoms with E-state index in [1.165, 1.54) is 23.1 Å². The number of rotatable bonds is 3. The highest BCUT2D eigenvalue weighted by Crippen LogP contribution is 2.33. The van der Waals surface area contributed by atoms with Gasteiger partial charge >= 0.3 is 5.97 Å². The van der Waals surface area contributed by atoms with Crippen LogP contribution >= 0.6 is 0 Å². The van der Waals surface area contributed by atoms with Crippen LogP contribution in [0.4, 0.5) is 0 Å². The smallest absolute Gasteiger partial charge is 0.340 e. The van der Waals surface area contributed by atoms with Gasteiger partial charge < -0.3 is 14.2 Å². The summed E-state index contributed by atoms with van der Waals surface area (Å²) >= 11 is 0. The Morgan fingerprint density at radius 2 is 1.68 bits per heavy atom. The van der Waals surface area contributed by atoms with Crippen LogP contribution in [0.1, 0.15) is 35.0 Å². The first kappa shape index (κ1) is 19.7. The van der Waals surface area contributed by atoms with E-state index in [1.807, 2.05) is 19.9 Å². The number of methoxy groups -OCH3 is 1. The van der Waals surface area contributed by atoms with Crippen molar-refractivity contribution in [3.05, 3.63) is 69.2 Å². The Hall–Kier alpha value is -3.08. The number of ether oxygens (including phenoxy) is 1. The first-order valence-electron chi connectivity index (χ1n) is 9.23. The summed E-state index contributed by atoms with van der Waals surface area (Å²) in [6, 6.07) is 8.28. The molecule has 1 aliphatic heterocycles. The number of aromatic nitrogens is 1. The maximum atomic E-state index is 12.7. The molecule has 0 saturated heterocycles. The zero-order chi connectivity index (χ0) is 20.7. The van der Waals surface area contributed by atoms with Gasteiger partial charge in [-0.15, -0.1) is 0 Å². The van der Waals surface area contributed by atoms with Crippen LogP contribution < -0.4 is 0 Å². The van der Waals surface area contributed by atoms with Gasteiger partial charge in [0.1, 0.15) is 0 Å². The number of allylic oxidation sites excluding steroid dienone is 1. The molecule has 0 fully saturated rings. The molecule has 146 valence electrons. The summed E-state index contributed by atoms with van der Waals surface area (Å²) in [6.45, 7) is 10.0. The second-order valence-corrected chi connectivity index (χ2v) is 7.28. The molecule has 0 N–H and O–H groups in total. The first-order chi connectivity index (χ1) is 13.2. The van der Waals surface area contributed by atoms with Crippen molar-refractivity contribution in [2.45, 2.75) is 34.6 Å². The van der Waals surface area contributed by atoms with Crippen LogP contribution in [0.15, 0.2) is 41.1 Å². The summed E-state index contributed by atoms with van der Waals surface area (Å²) in [4.78, 5) is 26.5. The summed E-state index contributed by atoms with van der Waals surface area (Å²) < 4.78 is 7.11. The molecule has 28 heavy (non-hydrogen) atoms. The van der Waals surface area contributed by atoms with Crippen LogP contribution in [-0.2, 0) is 14.3 Å². The molecule has 1 amide bonds. The number of carbonyl (C=O) groups is 2. The van der Waals surface area contributed by atoms with E-state index in [1.54, 1.807) is 20.0 Å². The maximum Gasteiger partial charge on any atom is 0.340 e. The minimum atomic E-state index is -0.495. The Morgan fingerprint density at radius 1 is 1.07 bits per heavy atom. The van der Waals surface area contributed by atoms with Gasteiger partial charge in [0.05, 0.1) is 23.9 Å². The minimum Gasteiger partial charge on any atom is -0.465 e. The largest absolute Gasteiger partial charge is 0.465 e. The van der Waals surface area contributed by atoms with E-state index in [4.69, 9.17) is 4.74 Å². The third-order valence-electron chi connectivity index (χ3n) is 5.49. The van der Waals surface area contributed by atoms with Gasteiger partial charge in [-0.25, -0.2) is 4.79 Å². The normalized spacial score (nSPS) is 15.8. The first-order valence-corrected chi connectivity index (χ1v) is 9.23. The fourth-order valence-electron chi connectivity index (χ4n) is 3.89. The van der Waals surface area contributed by atoms with Gasteiger partial charge in [0.25, 0.3) is 5.91 Å². The fraction of sp³-hybridized carbons (Fsp3) is 0.304. The third kappa shape index (κ3) is 2.97. The number of aryl methyl sites for hydroxylation is 3. The predicted octanol–water partition coefficient (Wildman–Crippen LogP) is 4.01. The van der Waals surface area contributed by atoms with Gasteiger partial charge in [0.15, 0.2) is 0 Å². The number of carbonyl (C=O) groups excluding carboxylic acids is 2. The molecule has 1 aliphatic rings. The number of benzene rings is 1. The van der Waals surface area contributed by atoms with Crippen molar-refractivity contribution in [3.8, 4) is 5.69 Å². The Kier molecular flexibility index (Phi) is 5.02. The van der Waals surface area contributed by atoms with Crippen LogP contribution in [0.5, 0.6) is 0 Å². The van der Waals surface area contributed by atoms with Gasteiger partial charge in [0.2, 0.25) is 0 Å². The number of para-hydroxylation sites is 1. The second-order valence-electron chi connectivity index (χ2n) is 7.28. The third-order valence-corrected chi connectivity index (χ3v) is 5.49. The molecule has 0 atom stereocenters. The van der Waals surface area contributed by atoms with Crippen LogP contribution in [0, 0.1) is 27.7 Å². The summed E-state index contributed by atoms with van der Waals surface area (Å²) in [6.07, 6.45) is 1.80. The van der Waals surface area contributed by atoms with Crippen molar-refractivity contribution in [1.82, 2.24) is 9.47 Å². The Balaban J connectivity index is 2.19. The van der Waals surface area contributed by atoms with E-state index in [9.17, 15) is 9.59 Å². The number of hydrogen-bond acceptors (Lipinski definition) is 3. The quantitative estimate of drug-likeness (QED) is 0.599. The Morgan fingerprint density at radius 3 is 2.25 bits per heavy atom. The van der Waals surface area contributed by atoms with Gasteiger partial charge in [-0.3, -0.25) is 4.79 Å². The number of hydrogen-bond donors (Lipinski definition) is 0. The van der Waals surface area contributed by atoms with Crippen LogP contribution in [0.3, 0.4) is 0 Å². The van der Waals surface area contributed by atoms with Crippen molar-refractivity contribution in [2.24, 2.45) is 0 Å². The molecule has 3 rings (SSSR count). The highest BCUT2D eigenvalue weighted by atomic mass is 16.5. The summed E-state index contributed by atoms with van der Waals surface area (Å²) in [5.41, 5.74) is 7.82. The van der Waals surface area contributed by atoms with E-state index in [0.29, 0.717) is 16.8 Å². The SMILES string of the molecule is COC(=O)C1=C(C)N(C)C(=O)C1=Cc1cc(C)n(-c2c(C)cccc2C)c1C. The van der Waals surface area contributed by atoms with E-state index >= 15 is 0 Å². The molecular formula is C23H26N2O3. The molecule has 2 heterocycles. The summed E-state index contributed by atoms with van der Waals surface area (Å²) in [5, 5.41) is 0. The topological polar surface area (TPSA) is 51.5 Å². The molecule has 2 aromatic rings. The van der Waals surface area contributed by atoms with Gasteiger partial charge in [-0.05, 0) is 63.5 Å². The van der Waals surface area contributed by atoms with Crippen LogP contribution in [0.2, 0.25) is 0 Å². The number of esters is 1. The lowest BCUT2D eigenvalue weighted by Gasteiger charge is -2.15. The van der Waals surface area contributed by atoms with E-state index in [-0.39, 0.29) is 5.91 Å². The maximum absolute atomic E-state index is 12.7. The fourth-order valence-corrected chi connectivity index (χ4v) is 3.89. The number of likely N-dealkylation sites (N-methyl/N-ethyl adjacent to an activating group) is 1. The molecule has 0 bridgehead atoms. The van der Waals surface area contributed by atoms with Gasteiger partial charge in [0, 0.05) is 24.1 Å². The van der Waals surface area contributed by atoms with E-state index in [0.717, 1.165) is 22.6 Å². The van der Waals surface area contributed by atoms with Gasteiger partial charge in [-0.1, -0.05) is 18.2 Å². The van der Waals surface area contributed by atoms with Gasteiger partial charge in [-0.2, -0.15) is 0 Å². The van der Waals surface area contributed by atoms with Crippen LogP contribution in [-0.4, -0.2) is 35.5 Å². The molecule has 0 spiro atoms. The lowest BCUT2D eigenvalue weighted by atomic mass is 10.0. The standard InChI is InChI=1S/C23H26N2O3/c1-13-9-8-10-14(2)21(13)25-15(3)11-18(16(25)4)12-19-20(23(27)28-7)17(5)24(6)22(19)26/h8-12H,1-7H3. The monoisotopic (exact) mass is 378 g/mol. The van der Waals surface area contributed by atoms with Crippen molar-refractivity contribution in [1.29, 1.82) is 0 Å². The molecule has 1 aromatic heterocycles. The average Bonchev–Trinajstić information content (AvgIpc) is 3.04. The molecular weight excluding hydrogens is 352 g/mol. The molecule has 0 saturated carbocycles. The van der Waals surface area contributed by atoms with E-state index < -0.39 is 5.97 Å². The molecule has 0 radical (unpaired) electrons. The van der Waals surface area contributed by atoms with Crippen molar-refractivity contribution < 1.29 is 14.3 Å². The van der Waals surface area contributed by atoms with E-state index in [2.05, 4.69) is 36.6 Å². The molecule has 5 nitrogen and oxygen atoms in total. The van der Waals surface area contributed by atoms with Crippen molar-refractivity contribution in [2.75, 3.05) is 14.2 Å². The molecule has 5 heteroatoms. The lowest BCUT2D eigenvalue weighted by Crippen LogP contribution is -2.19. The second kappa shape index (κ2) is 7.15. The number of amides is 1. The zero-order valence-corrected chi connectivity index (χ0v) is 17.5. The molecule has 0 aliphatic carbocycles. The predicted molar refractivity (Wildman–Crippen MR) is 110 cm³/mol. The zero-order valence-electron chi connectivity index (χ0n) is 17.5. The average molecular weight is 378 g/mol. The lowest BCUT2D eigenvalue weighted by molar-refractivity contribution is -0.136. The van der Waals surface area contributed by atoms with Crippen LogP contribution in [0.25, 0.3) is 11.8 Å². The molecule has 1 aromatic carbocycles. The highest BCUT2D eigenvalue weighted by molar-refractivity contribution is 6.16. The van der Waals surface area contributed by atoms with Crippen molar-refractivity contribution >= 4 is 18.0 Å². The number of nitrogens with zero attached hydrogens (tertiary/aromatic N) is 2. The summed E-state index contributed by atoms with van der Waals surface area (Å²) in [5.74, 6) is -0.695. The molecule has 0 unspecified atom stereocenters.